The summed E-state index contributed by atoms with van der Waals surface area (Å²) in [6.45, 7) is 6.39. The van der Waals surface area contributed by atoms with E-state index >= 15 is 0 Å². The van der Waals surface area contributed by atoms with Crippen molar-refractivity contribution >= 4 is 6.03 Å². The molecule has 15 heavy (non-hydrogen) atoms. The fourth-order valence-corrected chi connectivity index (χ4v) is 2.00. The van der Waals surface area contributed by atoms with Gasteiger partial charge in [0.05, 0.1) is 0 Å². The molecule has 3 nitrogen and oxygen atoms in total. The first-order valence-corrected chi connectivity index (χ1v) is 6.20. The summed E-state index contributed by atoms with van der Waals surface area (Å²) in [5.74, 6) is 0.541. The molecular formula is C12H24N2O. The van der Waals surface area contributed by atoms with Crippen LogP contribution in [0.25, 0.3) is 0 Å². The average molecular weight is 212 g/mol. The Morgan fingerprint density at radius 2 is 1.93 bits per heavy atom. The van der Waals surface area contributed by atoms with Crippen LogP contribution in [0.3, 0.4) is 0 Å². The molecule has 3 heteroatoms. The second kappa shape index (κ2) is 5.99. The molecule has 1 aliphatic carbocycles. The van der Waals surface area contributed by atoms with Crippen molar-refractivity contribution < 1.29 is 4.79 Å². The first-order chi connectivity index (χ1) is 7.13. The number of hydrogen-bond acceptors (Lipinski definition) is 1. The predicted molar refractivity (Wildman–Crippen MR) is 62.8 cm³/mol. The molecule has 0 aliphatic heterocycles. The SMILES string of the molecule is CCC(C)C(C)NC(=O)NC1CCCC1. The monoisotopic (exact) mass is 212 g/mol. The van der Waals surface area contributed by atoms with Gasteiger partial charge in [-0.05, 0) is 25.7 Å². The van der Waals surface area contributed by atoms with Crippen molar-refractivity contribution in [2.45, 2.75) is 65.0 Å². The maximum Gasteiger partial charge on any atom is 0.315 e. The van der Waals surface area contributed by atoms with E-state index in [1.165, 1.54) is 12.8 Å². The highest BCUT2D eigenvalue weighted by atomic mass is 16.2. The van der Waals surface area contributed by atoms with Gasteiger partial charge in [0.1, 0.15) is 0 Å². The van der Waals surface area contributed by atoms with E-state index in [0.717, 1.165) is 19.3 Å². The molecule has 2 atom stereocenters. The number of amides is 2. The molecule has 0 aromatic carbocycles. The van der Waals surface area contributed by atoms with Crippen LogP contribution in [0.15, 0.2) is 0 Å². The first-order valence-electron chi connectivity index (χ1n) is 6.20. The third kappa shape index (κ3) is 4.10. The summed E-state index contributed by atoms with van der Waals surface area (Å²) < 4.78 is 0. The maximum absolute atomic E-state index is 11.6. The lowest BCUT2D eigenvalue weighted by Gasteiger charge is -2.21. The molecule has 1 saturated carbocycles. The highest BCUT2D eigenvalue weighted by Gasteiger charge is 2.18. The van der Waals surface area contributed by atoms with Crippen LogP contribution in [-0.2, 0) is 0 Å². The molecule has 0 spiro atoms. The lowest BCUT2D eigenvalue weighted by molar-refractivity contribution is 0.229. The van der Waals surface area contributed by atoms with Crippen molar-refractivity contribution in [3.8, 4) is 0 Å². The lowest BCUT2D eigenvalue weighted by Crippen LogP contribution is -2.46. The average Bonchev–Trinajstić information content (AvgIpc) is 2.68. The number of urea groups is 1. The Labute approximate surface area is 93.0 Å². The molecule has 1 rings (SSSR count). The third-order valence-corrected chi connectivity index (χ3v) is 3.55. The topological polar surface area (TPSA) is 41.1 Å². The van der Waals surface area contributed by atoms with Gasteiger partial charge in [0.25, 0.3) is 0 Å². The second-order valence-corrected chi connectivity index (χ2v) is 4.77. The summed E-state index contributed by atoms with van der Waals surface area (Å²) >= 11 is 0. The van der Waals surface area contributed by atoms with Crippen LogP contribution in [0.1, 0.15) is 52.9 Å². The number of carbonyl (C=O) groups excluding carboxylic acids is 1. The molecule has 0 heterocycles. The Kier molecular flexibility index (Phi) is 4.92. The largest absolute Gasteiger partial charge is 0.335 e. The van der Waals surface area contributed by atoms with Gasteiger partial charge in [0.2, 0.25) is 0 Å². The minimum absolute atomic E-state index is 0.00898. The van der Waals surface area contributed by atoms with Crippen LogP contribution in [0.5, 0.6) is 0 Å². The quantitative estimate of drug-likeness (QED) is 0.739. The van der Waals surface area contributed by atoms with E-state index in [0.29, 0.717) is 12.0 Å². The zero-order valence-electron chi connectivity index (χ0n) is 10.2. The fraction of sp³-hybridized carbons (Fsp3) is 0.917. The zero-order chi connectivity index (χ0) is 11.3. The van der Waals surface area contributed by atoms with Gasteiger partial charge in [-0.1, -0.05) is 33.1 Å². The molecule has 0 radical (unpaired) electrons. The van der Waals surface area contributed by atoms with Gasteiger partial charge in [-0.25, -0.2) is 4.79 Å². The van der Waals surface area contributed by atoms with E-state index in [1.54, 1.807) is 0 Å². The Bertz CT molecular complexity index is 200. The molecule has 2 unspecified atom stereocenters. The van der Waals surface area contributed by atoms with E-state index in [9.17, 15) is 4.79 Å². The van der Waals surface area contributed by atoms with Crippen molar-refractivity contribution in [2.24, 2.45) is 5.92 Å². The summed E-state index contributed by atoms with van der Waals surface area (Å²) in [5.41, 5.74) is 0. The summed E-state index contributed by atoms with van der Waals surface area (Å²) in [5, 5.41) is 6.05. The van der Waals surface area contributed by atoms with Gasteiger partial charge in [-0.2, -0.15) is 0 Å². The molecule has 2 N–H and O–H groups in total. The third-order valence-electron chi connectivity index (χ3n) is 3.55. The molecule has 2 amide bonds. The van der Waals surface area contributed by atoms with Crippen molar-refractivity contribution in [3.63, 3.8) is 0 Å². The van der Waals surface area contributed by atoms with Crippen molar-refractivity contribution in [3.05, 3.63) is 0 Å². The molecule has 1 fully saturated rings. The number of nitrogens with one attached hydrogen (secondary N) is 2. The highest BCUT2D eigenvalue weighted by molar-refractivity contribution is 5.74. The summed E-state index contributed by atoms with van der Waals surface area (Å²) in [6.07, 6.45) is 5.90. The number of hydrogen-bond donors (Lipinski definition) is 2. The summed E-state index contributed by atoms with van der Waals surface area (Å²) in [6, 6.07) is 0.681. The first kappa shape index (κ1) is 12.3. The zero-order valence-corrected chi connectivity index (χ0v) is 10.2. The number of carbonyl (C=O) groups is 1. The van der Waals surface area contributed by atoms with Gasteiger partial charge in [-0.3, -0.25) is 0 Å². The smallest absolute Gasteiger partial charge is 0.315 e. The van der Waals surface area contributed by atoms with Crippen molar-refractivity contribution in [2.75, 3.05) is 0 Å². The van der Waals surface area contributed by atoms with Crippen LogP contribution < -0.4 is 10.6 Å². The van der Waals surface area contributed by atoms with E-state index in [-0.39, 0.29) is 12.1 Å². The van der Waals surface area contributed by atoms with Gasteiger partial charge in [-0.15, -0.1) is 0 Å². The minimum atomic E-state index is 0.00898. The van der Waals surface area contributed by atoms with Crippen LogP contribution in [0, 0.1) is 5.92 Å². The predicted octanol–water partition coefficient (Wildman–Crippen LogP) is 2.66. The Morgan fingerprint density at radius 3 is 2.47 bits per heavy atom. The standard InChI is InChI=1S/C12H24N2O/c1-4-9(2)10(3)13-12(15)14-11-7-5-6-8-11/h9-11H,4-8H2,1-3H3,(H2,13,14,15). The minimum Gasteiger partial charge on any atom is -0.335 e. The van der Waals surface area contributed by atoms with Gasteiger partial charge in [0.15, 0.2) is 0 Å². The van der Waals surface area contributed by atoms with Gasteiger partial charge in [0, 0.05) is 12.1 Å². The molecular weight excluding hydrogens is 188 g/mol. The van der Waals surface area contributed by atoms with Crippen LogP contribution in [0.2, 0.25) is 0 Å². The summed E-state index contributed by atoms with van der Waals surface area (Å²) in [4.78, 5) is 11.6. The van der Waals surface area contributed by atoms with Crippen LogP contribution >= 0.6 is 0 Å². The van der Waals surface area contributed by atoms with Crippen LogP contribution in [0.4, 0.5) is 4.79 Å². The van der Waals surface area contributed by atoms with Crippen molar-refractivity contribution in [1.82, 2.24) is 10.6 Å². The van der Waals surface area contributed by atoms with E-state index in [1.807, 2.05) is 0 Å². The molecule has 1 aliphatic rings. The Morgan fingerprint density at radius 1 is 1.33 bits per heavy atom. The molecule has 0 aromatic rings. The molecule has 88 valence electrons. The second-order valence-electron chi connectivity index (χ2n) is 4.77. The van der Waals surface area contributed by atoms with Crippen molar-refractivity contribution in [1.29, 1.82) is 0 Å². The molecule has 0 saturated heterocycles. The summed E-state index contributed by atoms with van der Waals surface area (Å²) in [7, 11) is 0. The molecule has 0 bridgehead atoms. The number of rotatable bonds is 4. The normalized spacial score (nSPS) is 21.0. The maximum atomic E-state index is 11.6. The van der Waals surface area contributed by atoms with Crippen LogP contribution in [-0.4, -0.2) is 18.1 Å². The molecule has 0 aromatic heterocycles. The Hall–Kier alpha value is -0.730. The Balaban J connectivity index is 2.22. The van der Waals surface area contributed by atoms with Gasteiger partial charge < -0.3 is 10.6 Å². The van der Waals surface area contributed by atoms with E-state index < -0.39 is 0 Å². The van der Waals surface area contributed by atoms with E-state index in [4.69, 9.17) is 0 Å². The van der Waals surface area contributed by atoms with E-state index in [2.05, 4.69) is 31.4 Å². The van der Waals surface area contributed by atoms with Gasteiger partial charge >= 0.3 is 6.03 Å². The fourth-order valence-electron chi connectivity index (χ4n) is 2.00. The highest BCUT2D eigenvalue weighted by Crippen LogP contribution is 2.17. The lowest BCUT2D eigenvalue weighted by atomic mass is 10.0.